The highest BCUT2D eigenvalue weighted by molar-refractivity contribution is 5.18. The van der Waals surface area contributed by atoms with Gasteiger partial charge in [-0.25, -0.2) is 0 Å². The Morgan fingerprint density at radius 3 is 2.81 bits per heavy atom. The van der Waals surface area contributed by atoms with Gasteiger partial charge in [-0.1, -0.05) is 35.5 Å². The SMILES string of the molecule is CC1CN(Cc2noc(CN)n2)CC(c2ccccc2)O1. The Bertz CT molecular complexity index is 572. The van der Waals surface area contributed by atoms with E-state index in [1.54, 1.807) is 0 Å². The lowest BCUT2D eigenvalue weighted by molar-refractivity contribution is -0.0820. The second-order valence-electron chi connectivity index (χ2n) is 5.35. The fraction of sp³-hybridized carbons (Fsp3) is 0.467. The summed E-state index contributed by atoms with van der Waals surface area (Å²) in [6.45, 7) is 4.69. The summed E-state index contributed by atoms with van der Waals surface area (Å²) >= 11 is 0. The molecule has 0 saturated carbocycles. The van der Waals surface area contributed by atoms with E-state index in [0.29, 0.717) is 18.3 Å². The standard InChI is InChI=1S/C15H20N4O2/c1-11-8-19(10-14-17-15(7-16)21-18-14)9-13(20-11)12-5-3-2-4-6-12/h2-6,11,13H,7-10,16H2,1H3. The van der Waals surface area contributed by atoms with Gasteiger partial charge in [-0.3, -0.25) is 4.90 Å². The first-order valence-electron chi connectivity index (χ1n) is 7.19. The molecule has 2 N–H and O–H groups in total. The molecular formula is C15H20N4O2. The smallest absolute Gasteiger partial charge is 0.240 e. The Hall–Kier alpha value is -1.76. The summed E-state index contributed by atoms with van der Waals surface area (Å²) in [6.07, 6.45) is 0.251. The first kappa shape index (κ1) is 14.2. The quantitative estimate of drug-likeness (QED) is 0.918. The Morgan fingerprint density at radius 2 is 2.10 bits per heavy atom. The minimum absolute atomic E-state index is 0.0795. The molecule has 2 aromatic rings. The molecule has 3 rings (SSSR count). The first-order valence-corrected chi connectivity index (χ1v) is 7.19. The lowest BCUT2D eigenvalue weighted by atomic mass is 10.1. The fourth-order valence-electron chi connectivity index (χ4n) is 2.66. The Labute approximate surface area is 123 Å². The van der Waals surface area contributed by atoms with Gasteiger partial charge in [0.15, 0.2) is 5.82 Å². The lowest BCUT2D eigenvalue weighted by Gasteiger charge is -2.36. The number of rotatable bonds is 4. The van der Waals surface area contributed by atoms with Crippen molar-refractivity contribution in [1.29, 1.82) is 0 Å². The summed E-state index contributed by atoms with van der Waals surface area (Å²) in [5.74, 6) is 1.15. The molecule has 1 aromatic heterocycles. The molecule has 6 heteroatoms. The van der Waals surface area contributed by atoms with Crippen molar-refractivity contribution < 1.29 is 9.26 Å². The van der Waals surface area contributed by atoms with Crippen molar-refractivity contribution in [3.8, 4) is 0 Å². The van der Waals surface area contributed by atoms with Crippen molar-refractivity contribution in [3.05, 3.63) is 47.6 Å². The van der Waals surface area contributed by atoms with E-state index in [9.17, 15) is 0 Å². The molecule has 112 valence electrons. The van der Waals surface area contributed by atoms with Gasteiger partial charge in [0.25, 0.3) is 0 Å². The third-order valence-electron chi connectivity index (χ3n) is 3.56. The number of nitrogens with zero attached hydrogens (tertiary/aromatic N) is 3. The topological polar surface area (TPSA) is 77.4 Å². The molecule has 0 spiro atoms. The van der Waals surface area contributed by atoms with Crippen LogP contribution in [-0.2, 0) is 17.8 Å². The summed E-state index contributed by atoms with van der Waals surface area (Å²) in [4.78, 5) is 6.55. The molecule has 0 bridgehead atoms. The van der Waals surface area contributed by atoms with Crippen molar-refractivity contribution >= 4 is 0 Å². The molecule has 1 aliphatic heterocycles. The molecule has 1 fully saturated rings. The lowest BCUT2D eigenvalue weighted by Crippen LogP contribution is -2.42. The fourth-order valence-corrected chi connectivity index (χ4v) is 2.66. The minimum Gasteiger partial charge on any atom is -0.368 e. The third kappa shape index (κ3) is 3.47. The van der Waals surface area contributed by atoms with E-state index in [4.69, 9.17) is 15.0 Å². The van der Waals surface area contributed by atoms with E-state index < -0.39 is 0 Å². The normalized spacial score (nSPS) is 23.3. The zero-order chi connectivity index (χ0) is 14.7. The third-order valence-corrected chi connectivity index (χ3v) is 3.56. The molecule has 2 atom stereocenters. The van der Waals surface area contributed by atoms with E-state index in [1.165, 1.54) is 5.56 Å². The van der Waals surface area contributed by atoms with Gasteiger partial charge in [0.05, 0.1) is 25.3 Å². The van der Waals surface area contributed by atoms with Crippen LogP contribution in [0.5, 0.6) is 0 Å². The van der Waals surface area contributed by atoms with E-state index >= 15 is 0 Å². The van der Waals surface area contributed by atoms with Gasteiger partial charge in [-0.15, -0.1) is 0 Å². The van der Waals surface area contributed by atoms with Crippen molar-refractivity contribution in [2.24, 2.45) is 5.73 Å². The predicted molar refractivity (Wildman–Crippen MR) is 77.2 cm³/mol. The van der Waals surface area contributed by atoms with Gasteiger partial charge >= 0.3 is 0 Å². The van der Waals surface area contributed by atoms with E-state index in [2.05, 4.69) is 34.1 Å². The number of morpholine rings is 1. The second-order valence-corrected chi connectivity index (χ2v) is 5.35. The largest absolute Gasteiger partial charge is 0.368 e. The van der Waals surface area contributed by atoms with Crippen molar-refractivity contribution in [1.82, 2.24) is 15.0 Å². The second kappa shape index (κ2) is 6.34. The molecule has 1 aromatic carbocycles. The maximum Gasteiger partial charge on any atom is 0.240 e. The summed E-state index contributed by atoms with van der Waals surface area (Å²) in [5.41, 5.74) is 6.69. The molecule has 2 heterocycles. The van der Waals surface area contributed by atoms with Crippen molar-refractivity contribution in [2.45, 2.75) is 32.2 Å². The van der Waals surface area contributed by atoms with Crippen molar-refractivity contribution in [2.75, 3.05) is 13.1 Å². The summed E-state index contributed by atoms with van der Waals surface area (Å²) in [7, 11) is 0. The van der Waals surface area contributed by atoms with Crippen molar-refractivity contribution in [3.63, 3.8) is 0 Å². The average molecular weight is 288 g/mol. The van der Waals surface area contributed by atoms with E-state index in [1.807, 2.05) is 18.2 Å². The van der Waals surface area contributed by atoms with Crippen LogP contribution in [0.4, 0.5) is 0 Å². The Kier molecular flexibility index (Phi) is 4.28. The van der Waals surface area contributed by atoms with Gasteiger partial charge < -0.3 is 15.0 Å². The summed E-state index contributed by atoms with van der Waals surface area (Å²) in [5, 5.41) is 3.96. The van der Waals surface area contributed by atoms with Crippen LogP contribution in [0.2, 0.25) is 0 Å². The molecular weight excluding hydrogens is 268 g/mol. The van der Waals surface area contributed by atoms with E-state index in [-0.39, 0.29) is 18.8 Å². The zero-order valence-corrected chi connectivity index (χ0v) is 12.1. The van der Waals surface area contributed by atoms with Crippen LogP contribution in [-0.4, -0.2) is 34.2 Å². The first-order chi connectivity index (χ1) is 10.2. The number of hydrogen-bond acceptors (Lipinski definition) is 6. The summed E-state index contributed by atoms with van der Waals surface area (Å²) in [6, 6.07) is 10.3. The van der Waals surface area contributed by atoms with Crippen LogP contribution >= 0.6 is 0 Å². The maximum absolute atomic E-state index is 6.04. The molecule has 1 aliphatic rings. The van der Waals surface area contributed by atoms with Gasteiger partial charge in [-0.05, 0) is 12.5 Å². The molecule has 0 radical (unpaired) electrons. The number of ether oxygens (including phenoxy) is 1. The molecule has 0 aliphatic carbocycles. The molecule has 2 unspecified atom stereocenters. The average Bonchev–Trinajstić information content (AvgIpc) is 2.95. The number of nitrogens with two attached hydrogens (primary N) is 1. The van der Waals surface area contributed by atoms with Crippen LogP contribution < -0.4 is 5.73 Å². The van der Waals surface area contributed by atoms with E-state index in [0.717, 1.165) is 13.1 Å². The van der Waals surface area contributed by atoms with Crippen LogP contribution in [0.3, 0.4) is 0 Å². The van der Waals surface area contributed by atoms with Gasteiger partial charge in [-0.2, -0.15) is 4.98 Å². The highest BCUT2D eigenvalue weighted by Crippen LogP contribution is 2.25. The zero-order valence-electron chi connectivity index (χ0n) is 12.1. The van der Waals surface area contributed by atoms with Crippen LogP contribution in [0.15, 0.2) is 34.9 Å². The summed E-state index contributed by atoms with van der Waals surface area (Å²) < 4.78 is 11.1. The predicted octanol–water partition coefficient (Wildman–Crippen LogP) is 1.49. The molecule has 0 amide bonds. The van der Waals surface area contributed by atoms with Gasteiger partial charge in [0.2, 0.25) is 5.89 Å². The van der Waals surface area contributed by atoms with Crippen LogP contribution in [0.1, 0.15) is 30.3 Å². The van der Waals surface area contributed by atoms with Crippen LogP contribution in [0.25, 0.3) is 0 Å². The molecule has 21 heavy (non-hydrogen) atoms. The van der Waals surface area contributed by atoms with Gasteiger partial charge in [0, 0.05) is 13.1 Å². The highest BCUT2D eigenvalue weighted by atomic mass is 16.5. The van der Waals surface area contributed by atoms with Crippen LogP contribution in [0, 0.1) is 0 Å². The maximum atomic E-state index is 6.04. The Balaban J connectivity index is 1.68. The molecule has 1 saturated heterocycles. The molecule has 6 nitrogen and oxygen atoms in total. The number of benzene rings is 1. The van der Waals surface area contributed by atoms with Gasteiger partial charge in [0.1, 0.15) is 0 Å². The Morgan fingerprint density at radius 1 is 1.29 bits per heavy atom. The number of hydrogen-bond donors (Lipinski definition) is 1. The highest BCUT2D eigenvalue weighted by Gasteiger charge is 2.27. The number of aromatic nitrogens is 2. The monoisotopic (exact) mass is 288 g/mol. The minimum atomic E-state index is 0.0795.